The Morgan fingerprint density at radius 3 is 2.76 bits per heavy atom. The fourth-order valence-electron chi connectivity index (χ4n) is 3.00. The highest BCUT2D eigenvalue weighted by Gasteiger charge is 2.25. The van der Waals surface area contributed by atoms with E-state index in [1.807, 2.05) is 6.07 Å². The quantitative estimate of drug-likeness (QED) is 0.714. The van der Waals surface area contributed by atoms with Crippen LogP contribution in [-0.4, -0.2) is 4.98 Å². The van der Waals surface area contributed by atoms with Crippen LogP contribution >= 0.6 is 23.2 Å². The number of fused-ring (bicyclic) bond motifs is 1. The summed E-state index contributed by atoms with van der Waals surface area (Å²) in [4.78, 5) is 3.28. The van der Waals surface area contributed by atoms with Gasteiger partial charge in [-0.2, -0.15) is 0 Å². The Balaban J connectivity index is 2.11. The van der Waals surface area contributed by atoms with Crippen LogP contribution in [0.25, 0.3) is 10.9 Å². The van der Waals surface area contributed by atoms with Crippen LogP contribution in [0.2, 0.25) is 10.0 Å². The predicted molar refractivity (Wildman–Crippen MR) is 74.1 cm³/mol. The average molecular weight is 268 g/mol. The normalized spacial score (nSPS) is 24.6. The fourth-order valence-corrected chi connectivity index (χ4v) is 3.55. The molecule has 0 saturated heterocycles. The molecule has 2 unspecified atom stereocenters. The second kappa shape index (κ2) is 4.22. The maximum absolute atomic E-state index is 6.20. The molecule has 0 radical (unpaired) electrons. The summed E-state index contributed by atoms with van der Waals surface area (Å²) in [6.07, 6.45) is 5.98. The summed E-state index contributed by atoms with van der Waals surface area (Å²) in [6, 6.07) is 3.82. The molecule has 2 atom stereocenters. The number of hydrogen-bond acceptors (Lipinski definition) is 0. The molecular weight excluding hydrogens is 253 g/mol. The Bertz CT molecular complexity index is 559. The van der Waals surface area contributed by atoms with Crippen molar-refractivity contribution in [3.8, 4) is 0 Å². The molecule has 0 bridgehead atoms. The molecule has 2 aromatic rings. The lowest BCUT2D eigenvalue weighted by atomic mass is 9.96. The highest BCUT2D eigenvalue weighted by Crippen LogP contribution is 2.42. The number of aromatic nitrogens is 1. The van der Waals surface area contributed by atoms with Gasteiger partial charge in [-0.25, -0.2) is 0 Å². The highest BCUT2D eigenvalue weighted by atomic mass is 35.5. The summed E-state index contributed by atoms with van der Waals surface area (Å²) in [6.45, 7) is 2.33. The van der Waals surface area contributed by atoms with Crippen molar-refractivity contribution in [3.05, 3.63) is 33.9 Å². The summed E-state index contributed by atoms with van der Waals surface area (Å²) in [5.74, 6) is 1.49. The Morgan fingerprint density at radius 1 is 1.24 bits per heavy atom. The van der Waals surface area contributed by atoms with Crippen molar-refractivity contribution in [2.24, 2.45) is 5.92 Å². The van der Waals surface area contributed by atoms with Gasteiger partial charge in [-0.05, 0) is 42.4 Å². The summed E-state index contributed by atoms with van der Waals surface area (Å²) < 4.78 is 0. The molecule has 1 aromatic heterocycles. The molecule has 90 valence electrons. The van der Waals surface area contributed by atoms with Crippen LogP contribution in [0, 0.1) is 5.92 Å². The molecule has 1 fully saturated rings. The van der Waals surface area contributed by atoms with E-state index in [0.29, 0.717) is 10.9 Å². The van der Waals surface area contributed by atoms with Crippen molar-refractivity contribution in [3.63, 3.8) is 0 Å². The van der Waals surface area contributed by atoms with E-state index in [-0.39, 0.29) is 0 Å². The summed E-state index contributed by atoms with van der Waals surface area (Å²) >= 11 is 12.3. The van der Waals surface area contributed by atoms with Crippen LogP contribution in [0.1, 0.15) is 37.7 Å². The Labute approximate surface area is 111 Å². The topological polar surface area (TPSA) is 15.8 Å². The number of halogens is 2. The third kappa shape index (κ3) is 1.96. The van der Waals surface area contributed by atoms with Crippen LogP contribution < -0.4 is 0 Å². The molecule has 1 N–H and O–H groups in total. The van der Waals surface area contributed by atoms with Crippen LogP contribution in [0.15, 0.2) is 18.3 Å². The minimum absolute atomic E-state index is 0.660. The van der Waals surface area contributed by atoms with Gasteiger partial charge in [0.2, 0.25) is 0 Å². The first-order valence-electron chi connectivity index (χ1n) is 6.11. The van der Waals surface area contributed by atoms with Gasteiger partial charge >= 0.3 is 0 Å². The van der Waals surface area contributed by atoms with Gasteiger partial charge in [0.1, 0.15) is 0 Å². The van der Waals surface area contributed by atoms with Crippen LogP contribution in [0.4, 0.5) is 0 Å². The molecule has 1 nitrogen and oxygen atoms in total. The number of aromatic amines is 1. The molecule has 3 heteroatoms. The van der Waals surface area contributed by atoms with E-state index in [2.05, 4.69) is 18.1 Å². The first-order valence-corrected chi connectivity index (χ1v) is 6.86. The molecular formula is C14H15Cl2N. The van der Waals surface area contributed by atoms with E-state index in [1.54, 1.807) is 6.07 Å². The number of benzene rings is 1. The second-order valence-electron chi connectivity index (χ2n) is 5.17. The minimum Gasteiger partial charge on any atom is -0.360 e. The molecule has 1 saturated carbocycles. The van der Waals surface area contributed by atoms with E-state index in [0.717, 1.165) is 16.5 Å². The minimum atomic E-state index is 0.660. The maximum atomic E-state index is 6.20. The molecule has 0 spiro atoms. The van der Waals surface area contributed by atoms with Crippen molar-refractivity contribution in [2.75, 3.05) is 0 Å². The van der Waals surface area contributed by atoms with Gasteiger partial charge in [-0.1, -0.05) is 36.5 Å². The van der Waals surface area contributed by atoms with Crippen LogP contribution in [0.5, 0.6) is 0 Å². The van der Waals surface area contributed by atoms with Crippen molar-refractivity contribution in [1.29, 1.82) is 0 Å². The maximum Gasteiger partial charge on any atom is 0.0661 e. The second-order valence-corrected chi connectivity index (χ2v) is 6.01. The van der Waals surface area contributed by atoms with Gasteiger partial charge < -0.3 is 4.98 Å². The van der Waals surface area contributed by atoms with Gasteiger partial charge in [-0.15, -0.1) is 0 Å². The average Bonchev–Trinajstić information content (AvgIpc) is 2.83. The van der Waals surface area contributed by atoms with Crippen molar-refractivity contribution >= 4 is 34.1 Å². The van der Waals surface area contributed by atoms with Crippen LogP contribution in [-0.2, 0) is 0 Å². The van der Waals surface area contributed by atoms with Gasteiger partial charge in [0, 0.05) is 16.6 Å². The monoisotopic (exact) mass is 267 g/mol. The Kier molecular flexibility index (Phi) is 2.84. The Hall–Kier alpha value is -0.660. The number of hydrogen-bond donors (Lipinski definition) is 1. The molecule has 0 aliphatic heterocycles. The molecule has 17 heavy (non-hydrogen) atoms. The van der Waals surface area contributed by atoms with E-state index in [4.69, 9.17) is 23.2 Å². The van der Waals surface area contributed by atoms with E-state index < -0.39 is 0 Å². The van der Waals surface area contributed by atoms with Crippen molar-refractivity contribution in [1.82, 2.24) is 4.98 Å². The third-order valence-corrected chi connectivity index (χ3v) is 4.39. The molecule has 3 rings (SSSR count). The standard InChI is InChI=1S/C14H15Cl2N/c1-8-2-3-9(4-8)12-7-17-14-11(12)5-10(15)6-13(14)16/h5-9,17H,2-4H2,1H3. The molecule has 1 aliphatic rings. The third-order valence-electron chi connectivity index (χ3n) is 3.87. The van der Waals surface area contributed by atoms with Crippen molar-refractivity contribution < 1.29 is 0 Å². The molecule has 1 heterocycles. The zero-order valence-corrected chi connectivity index (χ0v) is 11.3. The van der Waals surface area contributed by atoms with Gasteiger partial charge in [0.25, 0.3) is 0 Å². The predicted octanol–water partition coefficient (Wildman–Crippen LogP) is 5.38. The molecule has 0 amide bonds. The lowest BCUT2D eigenvalue weighted by molar-refractivity contribution is 0.597. The van der Waals surface area contributed by atoms with Crippen LogP contribution in [0.3, 0.4) is 0 Å². The zero-order valence-electron chi connectivity index (χ0n) is 9.76. The van der Waals surface area contributed by atoms with E-state index >= 15 is 0 Å². The highest BCUT2D eigenvalue weighted by molar-refractivity contribution is 6.38. The Morgan fingerprint density at radius 2 is 2.06 bits per heavy atom. The first-order chi connectivity index (χ1) is 8.15. The SMILES string of the molecule is CC1CCC(c2c[nH]c3c(Cl)cc(Cl)cc23)C1. The van der Waals surface area contributed by atoms with E-state index in [1.165, 1.54) is 30.2 Å². The summed E-state index contributed by atoms with van der Waals surface area (Å²) in [7, 11) is 0. The summed E-state index contributed by atoms with van der Waals surface area (Å²) in [5, 5.41) is 2.63. The largest absolute Gasteiger partial charge is 0.360 e. The van der Waals surface area contributed by atoms with Crippen molar-refractivity contribution in [2.45, 2.75) is 32.1 Å². The van der Waals surface area contributed by atoms with Gasteiger partial charge in [-0.3, -0.25) is 0 Å². The number of nitrogens with one attached hydrogen (secondary N) is 1. The number of H-pyrrole nitrogens is 1. The lowest BCUT2D eigenvalue weighted by Gasteiger charge is -2.08. The fraction of sp³-hybridized carbons (Fsp3) is 0.429. The molecule has 1 aromatic carbocycles. The van der Waals surface area contributed by atoms with E-state index in [9.17, 15) is 0 Å². The number of rotatable bonds is 1. The van der Waals surface area contributed by atoms with Gasteiger partial charge in [0.05, 0.1) is 10.5 Å². The smallest absolute Gasteiger partial charge is 0.0661 e. The zero-order chi connectivity index (χ0) is 12.0. The first kappa shape index (κ1) is 11.4. The lowest BCUT2D eigenvalue weighted by Crippen LogP contribution is -1.91. The van der Waals surface area contributed by atoms with Gasteiger partial charge in [0.15, 0.2) is 0 Å². The summed E-state index contributed by atoms with van der Waals surface area (Å²) in [5.41, 5.74) is 2.40. The molecule has 1 aliphatic carbocycles.